The minimum Gasteiger partial charge on any atom is -0.385 e. The molecule has 102 valence electrons. The van der Waals surface area contributed by atoms with Gasteiger partial charge in [-0.05, 0) is 25.1 Å². The number of hydrogen-bond donors (Lipinski definition) is 1. The van der Waals surface area contributed by atoms with Gasteiger partial charge < -0.3 is 5.32 Å². The van der Waals surface area contributed by atoms with Gasteiger partial charge in [0.25, 0.3) is 6.43 Å². The van der Waals surface area contributed by atoms with E-state index in [4.69, 9.17) is 0 Å². The lowest BCUT2D eigenvalue weighted by molar-refractivity contribution is 0.126. The lowest BCUT2D eigenvalue weighted by atomic mass is 10.3. The van der Waals surface area contributed by atoms with Crippen molar-refractivity contribution in [2.24, 2.45) is 0 Å². The van der Waals surface area contributed by atoms with Gasteiger partial charge in [0.2, 0.25) is 10.0 Å². The number of sulfonamides is 1. The monoisotopic (exact) mass is 278 g/mol. The second-order valence-corrected chi connectivity index (χ2v) is 5.78. The Kier molecular flexibility index (Phi) is 5.03. The van der Waals surface area contributed by atoms with Gasteiger partial charge >= 0.3 is 0 Å². The molecule has 18 heavy (non-hydrogen) atoms. The summed E-state index contributed by atoms with van der Waals surface area (Å²) in [5.41, 5.74) is 0.643. The first-order valence-corrected chi connectivity index (χ1v) is 6.90. The van der Waals surface area contributed by atoms with Crippen LogP contribution in [0.4, 0.5) is 14.5 Å². The molecule has 0 aliphatic rings. The molecule has 1 N–H and O–H groups in total. The van der Waals surface area contributed by atoms with Gasteiger partial charge in [-0.3, -0.25) is 0 Å². The maximum absolute atomic E-state index is 12.2. The summed E-state index contributed by atoms with van der Waals surface area (Å²) in [4.78, 5) is 0.00380. The molecule has 0 atom stereocenters. The molecule has 0 aliphatic heterocycles. The first-order valence-electron chi connectivity index (χ1n) is 5.46. The van der Waals surface area contributed by atoms with E-state index in [0.717, 1.165) is 7.05 Å². The molecule has 0 fully saturated rings. The van der Waals surface area contributed by atoms with Crippen LogP contribution in [0, 0.1) is 0 Å². The van der Waals surface area contributed by atoms with Crippen LogP contribution in [0.3, 0.4) is 0 Å². The first-order chi connectivity index (χ1) is 8.37. The predicted molar refractivity (Wildman–Crippen MR) is 66.4 cm³/mol. The van der Waals surface area contributed by atoms with Crippen LogP contribution in [0.1, 0.15) is 6.92 Å². The highest BCUT2D eigenvalue weighted by Crippen LogP contribution is 2.19. The second kappa shape index (κ2) is 6.10. The summed E-state index contributed by atoms with van der Waals surface area (Å²) in [7, 11) is -2.72. The summed E-state index contributed by atoms with van der Waals surface area (Å²) in [5.74, 6) is 0. The van der Waals surface area contributed by atoms with E-state index in [1.165, 1.54) is 12.1 Å². The van der Waals surface area contributed by atoms with Crippen LogP contribution < -0.4 is 5.32 Å². The lowest BCUT2D eigenvalue weighted by Gasteiger charge is -2.17. The Morgan fingerprint density at radius 3 is 2.61 bits per heavy atom. The zero-order valence-corrected chi connectivity index (χ0v) is 11.0. The van der Waals surface area contributed by atoms with Gasteiger partial charge in [-0.15, -0.1) is 0 Å². The minimum absolute atomic E-state index is 0.00380. The standard InChI is InChI=1S/C11H16F2N2O2S/c1-3-14-9-5-4-6-10(7-9)18(16,17)15(2)8-11(12)13/h4-7,11,14H,3,8H2,1-2H3. The van der Waals surface area contributed by atoms with Crippen molar-refractivity contribution in [1.82, 2.24) is 4.31 Å². The molecule has 0 bridgehead atoms. The largest absolute Gasteiger partial charge is 0.385 e. The zero-order valence-electron chi connectivity index (χ0n) is 10.2. The number of hydrogen-bond acceptors (Lipinski definition) is 3. The highest BCUT2D eigenvalue weighted by atomic mass is 32.2. The molecule has 1 rings (SSSR count). The molecule has 1 aromatic carbocycles. The SMILES string of the molecule is CCNc1cccc(S(=O)(=O)N(C)CC(F)F)c1. The van der Waals surface area contributed by atoms with Crippen molar-refractivity contribution in [3.63, 3.8) is 0 Å². The molecule has 4 nitrogen and oxygen atoms in total. The van der Waals surface area contributed by atoms with Gasteiger partial charge in [0.05, 0.1) is 11.4 Å². The van der Waals surface area contributed by atoms with E-state index in [0.29, 0.717) is 16.5 Å². The Labute approximate surface area is 106 Å². The molecule has 0 aromatic heterocycles. The van der Waals surface area contributed by atoms with Crippen molar-refractivity contribution in [2.45, 2.75) is 18.2 Å². The Hall–Kier alpha value is -1.21. The molecule has 0 radical (unpaired) electrons. The Morgan fingerprint density at radius 1 is 1.39 bits per heavy atom. The van der Waals surface area contributed by atoms with Crippen LogP contribution in [0.2, 0.25) is 0 Å². The molecule has 0 saturated heterocycles. The average Bonchev–Trinajstić information content (AvgIpc) is 2.29. The normalized spacial score (nSPS) is 12.1. The number of benzene rings is 1. The molecule has 1 aromatic rings. The highest BCUT2D eigenvalue weighted by molar-refractivity contribution is 7.89. The molecule has 0 saturated carbocycles. The molecular weight excluding hydrogens is 262 g/mol. The van der Waals surface area contributed by atoms with Crippen LogP contribution >= 0.6 is 0 Å². The highest BCUT2D eigenvalue weighted by Gasteiger charge is 2.23. The summed E-state index contributed by atoms with van der Waals surface area (Å²) in [6.45, 7) is 1.72. The molecule has 0 spiro atoms. The topological polar surface area (TPSA) is 49.4 Å². The van der Waals surface area contributed by atoms with E-state index in [1.807, 2.05) is 6.92 Å². The fraction of sp³-hybridized carbons (Fsp3) is 0.455. The van der Waals surface area contributed by atoms with Gasteiger partial charge in [-0.2, -0.15) is 4.31 Å². The van der Waals surface area contributed by atoms with E-state index < -0.39 is 23.0 Å². The molecular formula is C11H16F2N2O2S. The van der Waals surface area contributed by atoms with E-state index in [2.05, 4.69) is 5.32 Å². The summed E-state index contributed by atoms with van der Waals surface area (Å²) in [6.07, 6.45) is -2.69. The third-order valence-electron chi connectivity index (χ3n) is 2.32. The van der Waals surface area contributed by atoms with Crippen LogP contribution in [-0.4, -0.2) is 39.3 Å². The van der Waals surface area contributed by atoms with Gasteiger partial charge in [-0.25, -0.2) is 17.2 Å². The fourth-order valence-corrected chi connectivity index (χ4v) is 2.64. The minimum atomic E-state index is -3.86. The van der Waals surface area contributed by atoms with E-state index >= 15 is 0 Å². The molecule has 0 heterocycles. The molecule has 0 unspecified atom stereocenters. The maximum Gasteiger partial charge on any atom is 0.252 e. The van der Waals surface area contributed by atoms with Crippen molar-refractivity contribution >= 4 is 15.7 Å². The van der Waals surface area contributed by atoms with Gasteiger partial charge in [0.15, 0.2) is 0 Å². The third-order valence-corrected chi connectivity index (χ3v) is 4.14. The van der Waals surface area contributed by atoms with Crippen LogP contribution in [0.25, 0.3) is 0 Å². The fourth-order valence-electron chi connectivity index (χ4n) is 1.44. The molecule has 0 amide bonds. The Bertz CT molecular complexity index is 492. The van der Waals surface area contributed by atoms with E-state index in [1.54, 1.807) is 12.1 Å². The van der Waals surface area contributed by atoms with Gasteiger partial charge in [0.1, 0.15) is 0 Å². The Morgan fingerprint density at radius 2 is 2.06 bits per heavy atom. The van der Waals surface area contributed by atoms with Crippen LogP contribution in [0.5, 0.6) is 0 Å². The number of rotatable bonds is 6. The van der Waals surface area contributed by atoms with Crippen molar-refractivity contribution in [3.05, 3.63) is 24.3 Å². The van der Waals surface area contributed by atoms with Crippen molar-refractivity contribution in [2.75, 3.05) is 25.5 Å². The van der Waals surface area contributed by atoms with E-state index in [-0.39, 0.29) is 4.90 Å². The van der Waals surface area contributed by atoms with Crippen molar-refractivity contribution < 1.29 is 17.2 Å². The molecule has 7 heteroatoms. The average molecular weight is 278 g/mol. The third kappa shape index (κ3) is 3.64. The summed E-state index contributed by atoms with van der Waals surface area (Å²) < 4.78 is 49.1. The van der Waals surface area contributed by atoms with Crippen LogP contribution in [0.15, 0.2) is 29.2 Å². The number of anilines is 1. The van der Waals surface area contributed by atoms with Crippen LogP contribution in [-0.2, 0) is 10.0 Å². The smallest absolute Gasteiger partial charge is 0.252 e. The van der Waals surface area contributed by atoms with E-state index in [9.17, 15) is 17.2 Å². The second-order valence-electron chi connectivity index (χ2n) is 3.73. The lowest BCUT2D eigenvalue weighted by Crippen LogP contribution is -2.31. The van der Waals surface area contributed by atoms with Crippen molar-refractivity contribution in [3.8, 4) is 0 Å². The summed E-state index contributed by atoms with van der Waals surface area (Å²) in [6, 6.07) is 6.11. The number of alkyl halides is 2. The van der Waals surface area contributed by atoms with Gasteiger partial charge in [-0.1, -0.05) is 6.07 Å². The predicted octanol–water partition coefficient (Wildman–Crippen LogP) is 2.00. The van der Waals surface area contributed by atoms with Gasteiger partial charge in [0, 0.05) is 19.3 Å². The number of nitrogens with zero attached hydrogens (tertiary/aromatic N) is 1. The molecule has 0 aliphatic carbocycles. The zero-order chi connectivity index (χ0) is 13.8. The number of halogens is 2. The summed E-state index contributed by atoms with van der Waals surface area (Å²) in [5, 5.41) is 2.97. The number of nitrogens with one attached hydrogen (secondary N) is 1. The first kappa shape index (κ1) is 14.8. The maximum atomic E-state index is 12.2. The summed E-state index contributed by atoms with van der Waals surface area (Å²) >= 11 is 0. The van der Waals surface area contributed by atoms with Crippen molar-refractivity contribution in [1.29, 1.82) is 0 Å². The Balaban J connectivity index is 3.00. The quantitative estimate of drug-likeness (QED) is 0.866.